The van der Waals surface area contributed by atoms with Crippen molar-refractivity contribution < 1.29 is 10.2 Å². The fraction of sp³-hybridized carbons (Fsp3) is 0.706. The summed E-state index contributed by atoms with van der Waals surface area (Å²) in [6.07, 6.45) is 3.53. The third-order valence-corrected chi connectivity index (χ3v) is 4.48. The van der Waals surface area contributed by atoms with Crippen molar-refractivity contribution in [2.45, 2.75) is 65.8 Å². The molecule has 2 rings (SSSR count). The second kappa shape index (κ2) is 7.29. The third kappa shape index (κ3) is 3.70. The highest BCUT2D eigenvalue weighted by molar-refractivity contribution is 5.30. The lowest BCUT2D eigenvalue weighted by Gasteiger charge is -2.34. The highest BCUT2D eigenvalue weighted by atomic mass is 16.3. The Balaban J connectivity index is 2.42. The Hall–Kier alpha value is -1.33. The Labute approximate surface area is 132 Å². The monoisotopic (exact) mass is 308 g/mol. The molecule has 1 unspecified atom stereocenters. The van der Waals surface area contributed by atoms with Crippen LogP contribution in [0.3, 0.4) is 0 Å². The molecule has 1 aromatic heterocycles. The number of aromatic hydroxyl groups is 1. The molecule has 0 radical (unpaired) electrons. The normalized spacial score (nSPS) is 19.8. The molecule has 1 atom stereocenters. The number of hydrogen-bond donors (Lipinski definition) is 2. The number of aromatic nitrogens is 1. The number of rotatable bonds is 5. The average molecular weight is 308 g/mol. The molecule has 1 aromatic rings. The lowest BCUT2D eigenvalue weighted by atomic mass is 10.0. The van der Waals surface area contributed by atoms with Gasteiger partial charge in [-0.15, -0.1) is 0 Å². The zero-order valence-electron chi connectivity index (χ0n) is 13.9. The molecule has 1 aliphatic heterocycles. The van der Waals surface area contributed by atoms with Gasteiger partial charge < -0.3 is 14.8 Å². The SMILES string of the molecule is CC(C)Cn1c(CO)cc(=O)c(O)c1CN1CCCCC1C. The molecule has 1 saturated heterocycles. The predicted molar refractivity (Wildman–Crippen MR) is 86.9 cm³/mol. The average Bonchev–Trinajstić information content (AvgIpc) is 2.48. The molecular formula is C17H28N2O3. The molecule has 0 amide bonds. The molecule has 22 heavy (non-hydrogen) atoms. The molecule has 1 fully saturated rings. The maximum atomic E-state index is 12.0. The number of piperidine rings is 1. The van der Waals surface area contributed by atoms with Gasteiger partial charge in [-0.3, -0.25) is 9.69 Å². The highest BCUT2D eigenvalue weighted by Gasteiger charge is 2.23. The number of nitrogens with zero attached hydrogens (tertiary/aromatic N) is 2. The van der Waals surface area contributed by atoms with E-state index in [1.54, 1.807) is 0 Å². The van der Waals surface area contributed by atoms with Crippen LogP contribution in [0.1, 0.15) is 51.4 Å². The van der Waals surface area contributed by atoms with E-state index in [0.29, 0.717) is 36.4 Å². The first-order valence-electron chi connectivity index (χ1n) is 8.23. The molecule has 5 nitrogen and oxygen atoms in total. The van der Waals surface area contributed by atoms with Crippen LogP contribution in [0.25, 0.3) is 0 Å². The molecule has 0 saturated carbocycles. The lowest BCUT2D eigenvalue weighted by Crippen LogP contribution is -2.38. The molecule has 0 aromatic carbocycles. The van der Waals surface area contributed by atoms with Gasteiger partial charge in [0.05, 0.1) is 12.3 Å². The van der Waals surface area contributed by atoms with Crippen molar-refractivity contribution >= 4 is 0 Å². The van der Waals surface area contributed by atoms with Crippen molar-refractivity contribution in [2.24, 2.45) is 5.92 Å². The minimum atomic E-state index is -0.399. The predicted octanol–water partition coefficient (Wildman–Crippen LogP) is 2.08. The molecule has 0 aliphatic carbocycles. The summed E-state index contributed by atoms with van der Waals surface area (Å²) in [4.78, 5) is 14.3. The Kier molecular flexibility index (Phi) is 5.64. The lowest BCUT2D eigenvalue weighted by molar-refractivity contribution is 0.145. The Morgan fingerprint density at radius 2 is 2.09 bits per heavy atom. The number of aliphatic hydroxyl groups is 1. The van der Waals surface area contributed by atoms with Gasteiger partial charge in [0, 0.05) is 30.9 Å². The van der Waals surface area contributed by atoms with Gasteiger partial charge in [-0.05, 0) is 32.2 Å². The molecule has 124 valence electrons. The number of hydrogen-bond acceptors (Lipinski definition) is 4. The van der Waals surface area contributed by atoms with E-state index in [-0.39, 0.29) is 12.4 Å². The zero-order chi connectivity index (χ0) is 16.3. The molecule has 5 heteroatoms. The van der Waals surface area contributed by atoms with E-state index >= 15 is 0 Å². The number of pyridine rings is 1. The first kappa shape index (κ1) is 17.0. The van der Waals surface area contributed by atoms with Crippen LogP contribution in [0.2, 0.25) is 0 Å². The van der Waals surface area contributed by atoms with Gasteiger partial charge in [0.1, 0.15) is 0 Å². The Morgan fingerprint density at radius 1 is 1.36 bits per heavy atom. The van der Waals surface area contributed by atoms with Gasteiger partial charge in [-0.2, -0.15) is 0 Å². The quantitative estimate of drug-likeness (QED) is 0.874. The summed E-state index contributed by atoms with van der Waals surface area (Å²) in [5, 5.41) is 19.9. The highest BCUT2D eigenvalue weighted by Crippen LogP contribution is 2.23. The van der Waals surface area contributed by atoms with E-state index in [1.807, 2.05) is 4.57 Å². The Bertz CT molecular complexity index is 566. The van der Waals surface area contributed by atoms with E-state index in [1.165, 1.54) is 12.5 Å². The van der Waals surface area contributed by atoms with Crippen molar-refractivity contribution in [1.82, 2.24) is 9.47 Å². The Morgan fingerprint density at radius 3 is 2.68 bits per heavy atom. The van der Waals surface area contributed by atoms with E-state index < -0.39 is 5.43 Å². The van der Waals surface area contributed by atoms with Gasteiger partial charge in [0.2, 0.25) is 5.43 Å². The van der Waals surface area contributed by atoms with Gasteiger partial charge >= 0.3 is 0 Å². The maximum absolute atomic E-state index is 12.0. The molecule has 2 heterocycles. The van der Waals surface area contributed by atoms with Crippen molar-refractivity contribution in [2.75, 3.05) is 6.54 Å². The standard InChI is InChI=1S/C17H28N2O3/c1-12(2)9-19-14(11-20)8-16(21)17(22)15(19)10-18-7-5-4-6-13(18)3/h8,12-13,20,22H,4-7,9-11H2,1-3H3. The topological polar surface area (TPSA) is 65.7 Å². The summed E-state index contributed by atoms with van der Waals surface area (Å²) in [7, 11) is 0. The number of likely N-dealkylation sites (tertiary alicyclic amines) is 1. The van der Waals surface area contributed by atoms with E-state index in [0.717, 1.165) is 19.4 Å². The second-order valence-corrected chi connectivity index (χ2v) is 6.77. The fourth-order valence-electron chi connectivity index (χ4n) is 3.21. The van der Waals surface area contributed by atoms with E-state index in [4.69, 9.17) is 0 Å². The van der Waals surface area contributed by atoms with Crippen molar-refractivity contribution in [3.8, 4) is 5.75 Å². The van der Waals surface area contributed by atoms with Gasteiger partial charge in [0.15, 0.2) is 5.75 Å². The fourth-order valence-corrected chi connectivity index (χ4v) is 3.21. The van der Waals surface area contributed by atoms with Crippen LogP contribution < -0.4 is 5.43 Å². The summed E-state index contributed by atoms with van der Waals surface area (Å²) in [5.74, 6) is 0.195. The van der Waals surface area contributed by atoms with Crippen molar-refractivity contribution in [3.05, 3.63) is 27.7 Å². The van der Waals surface area contributed by atoms with Crippen LogP contribution in [-0.4, -0.2) is 32.3 Å². The van der Waals surface area contributed by atoms with Crippen LogP contribution in [-0.2, 0) is 19.7 Å². The molecule has 0 bridgehead atoms. The number of aliphatic hydroxyl groups excluding tert-OH is 1. The minimum Gasteiger partial charge on any atom is -0.503 e. The van der Waals surface area contributed by atoms with E-state index in [2.05, 4.69) is 25.7 Å². The molecular weight excluding hydrogens is 280 g/mol. The largest absolute Gasteiger partial charge is 0.503 e. The van der Waals surface area contributed by atoms with Crippen LogP contribution >= 0.6 is 0 Å². The van der Waals surface area contributed by atoms with Crippen molar-refractivity contribution in [1.29, 1.82) is 0 Å². The maximum Gasteiger partial charge on any atom is 0.223 e. The van der Waals surface area contributed by atoms with Crippen LogP contribution in [0.4, 0.5) is 0 Å². The minimum absolute atomic E-state index is 0.171. The van der Waals surface area contributed by atoms with Crippen molar-refractivity contribution in [3.63, 3.8) is 0 Å². The summed E-state index contributed by atoms with van der Waals surface area (Å²) in [5.41, 5.74) is 0.818. The summed E-state index contributed by atoms with van der Waals surface area (Å²) in [6, 6.07) is 1.80. The molecule has 0 spiro atoms. The van der Waals surface area contributed by atoms with Crippen LogP contribution in [0.5, 0.6) is 5.75 Å². The van der Waals surface area contributed by atoms with Gasteiger partial charge in [0.25, 0.3) is 0 Å². The van der Waals surface area contributed by atoms with Crippen LogP contribution in [0, 0.1) is 5.92 Å². The third-order valence-electron chi connectivity index (χ3n) is 4.48. The van der Waals surface area contributed by atoms with Crippen LogP contribution in [0.15, 0.2) is 10.9 Å². The molecule has 1 aliphatic rings. The zero-order valence-corrected chi connectivity index (χ0v) is 13.9. The van der Waals surface area contributed by atoms with Gasteiger partial charge in [-0.1, -0.05) is 20.3 Å². The first-order valence-corrected chi connectivity index (χ1v) is 8.23. The van der Waals surface area contributed by atoms with E-state index in [9.17, 15) is 15.0 Å². The second-order valence-electron chi connectivity index (χ2n) is 6.77. The van der Waals surface area contributed by atoms with Gasteiger partial charge in [-0.25, -0.2) is 0 Å². The first-order chi connectivity index (χ1) is 10.4. The molecule has 2 N–H and O–H groups in total. The summed E-state index contributed by atoms with van der Waals surface area (Å²) >= 11 is 0. The summed E-state index contributed by atoms with van der Waals surface area (Å²) < 4.78 is 1.92. The smallest absolute Gasteiger partial charge is 0.223 e. The summed E-state index contributed by atoms with van der Waals surface area (Å²) in [6.45, 7) is 8.40.